The summed E-state index contributed by atoms with van der Waals surface area (Å²) in [6.07, 6.45) is 0.0728. The molecule has 0 unspecified atom stereocenters. The van der Waals surface area contributed by atoms with E-state index in [0.717, 1.165) is 21.2 Å². The van der Waals surface area contributed by atoms with Gasteiger partial charge in [0, 0.05) is 12.6 Å². The number of amides is 1. The molecule has 0 aromatic heterocycles. The monoisotopic (exact) mass is 482 g/mol. The molecule has 0 bridgehead atoms. The molecule has 3 rings (SSSR count). The van der Waals surface area contributed by atoms with Gasteiger partial charge in [0.2, 0.25) is 5.91 Å². The van der Waals surface area contributed by atoms with Crippen LogP contribution < -0.4 is 19.1 Å². The van der Waals surface area contributed by atoms with Crippen molar-refractivity contribution in [3.8, 4) is 11.5 Å². The van der Waals surface area contributed by atoms with Gasteiger partial charge in [-0.3, -0.25) is 9.10 Å². The average Bonchev–Trinajstić information content (AvgIpc) is 2.82. The van der Waals surface area contributed by atoms with Gasteiger partial charge in [0.05, 0.1) is 23.8 Å². The number of ether oxygens (including phenoxy) is 2. The van der Waals surface area contributed by atoms with Gasteiger partial charge in [-0.05, 0) is 62.7 Å². The van der Waals surface area contributed by atoms with Crippen molar-refractivity contribution in [3.63, 3.8) is 0 Å². The Labute approximate surface area is 201 Å². The van der Waals surface area contributed by atoms with E-state index >= 15 is 0 Å². The summed E-state index contributed by atoms with van der Waals surface area (Å²) in [4.78, 5) is 12.9. The predicted octanol–water partition coefficient (Wildman–Crippen LogP) is 4.30. The minimum Gasteiger partial charge on any atom is -0.497 e. The molecule has 0 spiro atoms. The van der Waals surface area contributed by atoms with Crippen molar-refractivity contribution in [2.75, 3.05) is 18.0 Å². The Morgan fingerprint density at radius 2 is 1.65 bits per heavy atom. The lowest BCUT2D eigenvalue weighted by Gasteiger charge is -2.24. The fourth-order valence-electron chi connectivity index (χ4n) is 3.26. The van der Waals surface area contributed by atoms with Crippen molar-refractivity contribution in [3.05, 3.63) is 83.9 Å². The maximum absolute atomic E-state index is 13.5. The van der Waals surface area contributed by atoms with Crippen molar-refractivity contribution in [1.29, 1.82) is 0 Å². The number of hydrogen-bond donors (Lipinski definition) is 1. The Kier molecular flexibility index (Phi) is 8.17. The molecule has 3 aromatic rings. The lowest BCUT2D eigenvalue weighted by molar-refractivity contribution is -0.119. The summed E-state index contributed by atoms with van der Waals surface area (Å²) in [5.74, 6) is 0.810. The number of carbonyl (C=O) groups excluding carboxylic acids is 1. The van der Waals surface area contributed by atoms with Gasteiger partial charge in [0.25, 0.3) is 10.0 Å². The highest BCUT2D eigenvalue weighted by Crippen LogP contribution is 2.27. The van der Waals surface area contributed by atoms with E-state index in [4.69, 9.17) is 9.47 Å². The zero-order valence-corrected chi connectivity index (χ0v) is 20.6. The van der Waals surface area contributed by atoms with Gasteiger partial charge < -0.3 is 14.8 Å². The number of methoxy groups -OCH3 is 1. The first-order valence-corrected chi connectivity index (χ1v) is 12.4. The number of aryl methyl sites for hydroxylation is 1. The summed E-state index contributed by atoms with van der Waals surface area (Å²) in [6.45, 7) is 5.67. The van der Waals surface area contributed by atoms with Gasteiger partial charge in [-0.1, -0.05) is 35.9 Å². The van der Waals surface area contributed by atoms with Gasteiger partial charge in [-0.25, -0.2) is 8.42 Å². The molecule has 8 heteroatoms. The average molecular weight is 483 g/mol. The number of anilines is 1. The molecule has 3 aromatic carbocycles. The van der Waals surface area contributed by atoms with Crippen LogP contribution in [0.5, 0.6) is 11.5 Å². The number of hydrogen-bond acceptors (Lipinski definition) is 5. The largest absolute Gasteiger partial charge is 0.497 e. The number of carbonyl (C=O) groups is 1. The van der Waals surface area contributed by atoms with Crippen LogP contribution in [0.3, 0.4) is 0 Å². The number of rotatable bonds is 10. The lowest BCUT2D eigenvalue weighted by Crippen LogP contribution is -2.40. The normalized spacial score (nSPS) is 11.2. The molecule has 0 saturated heterocycles. The van der Waals surface area contributed by atoms with Crippen LogP contribution in [0.2, 0.25) is 0 Å². The summed E-state index contributed by atoms with van der Waals surface area (Å²) in [7, 11) is -2.49. The molecule has 180 valence electrons. The predicted molar refractivity (Wildman–Crippen MR) is 133 cm³/mol. The Bertz CT molecular complexity index is 1210. The van der Waals surface area contributed by atoms with E-state index in [1.54, 1.807) is 36.4 Å². The highest BCUT2D eigenvalue weighted by molar-refractivity contribution is 7.92. The Morgan fingerprint density at radius 1 is 0.971 bits per heavy atom. The standard InChI is InChI=1S/C26H30N2O5S/c1-19(2)33-23-12-10-21(11-13-23)17-27-26(29)18-28(22-6-5-7-24(16-22)32-4)34(30,31)25-14-8-20(3)9-15-25/h5-16,19H,17-18H2,1-4H3,(H,27,29). The minimum absolute atomic E-state index is 0.0728. The maximum atomic E-state index is 13.5. The smallest absolute Gasteiger partial charge is 0.264 e. The number of benzene rings is 3. The van der Waals surface area contributed by atoms with Crippen molar-refractivity contribution in [2.24, 2.45) is 0 Å². The topological polar surface area (TPSA) is 84.9 Å². The van der Waals surface area contributed by atoms with Crippen LogP contribution >= 0.6 is 0 Å². The van der Waals surface area contributed by atoms with Gasteiger partial charge in [0.15, 0.2) is 0 Å². The van der Waals surface area contributed by atoms with Crippen LogP contribution in [0.1, 0.15) is 25.0 Å². The number of nitrogens with one attached hydrogen (secondary N) is 1. The zero-order valence-electron chi connectivity index (χ0n) is 19.8. The molecular formula is C26H30N2O5S. The summed E-state index contributed by atoms with van der Waals surface area (Å²) in [5, 5.41) is 2.80. The zero-order chi connectivity index (χ0) is 24.7. The summed E-state index contributed by atoms with van der Waals surface area (Å²) in [5.41, 5.74) is 2.15. The molecule has 34 heavy (non-hydrogen) atoms. The second-order valence-corrected chi connectivity index (χ2v) is 9.98. The second kappa shape index (κ2) is 11.1. The molecule has 0 heterocycles. The van der Waals surface area contributed by atoms with Gasteiger partial charge in [-0.2, -0.15) is 0 Å². The fourth-order valence-corrected chi connectivity index (χ4v) is 4.68. The third kappa shape index (κ3) is 6.51. The van der Waals surface area contributed by atoms with Crippen LogP contribution in [-0.2, 0) is 21.4 Å². The molecule has 1 amide bonds. The van der Waals surface area contributed by atoms with Crippen LogP contribution in [-0.4, -0.2) is 34.1 Å². The van der Waals surface area contributed by atoms with Crippen LogP contribution in [0.15, 0.2) is 77.7 Å². The molecule has 7 nitrogen and oxygen atoms in total. The third-order valence-electron chi connectivity index (χ3n) is 5.02. The molecular weight excluding hydrogens is 452 g/mol. The first kappa shape index (κ1) is 25.1. The fraction of sp³-hybridized carbons (Fsp3) is 0.269. The molecule has 1 N–H and O–H groups in total. The van der Waals surface area contributed by atoms with E-state index in [0.29, 0.717) is 11.4 Å². The van der Waals surface area contributed by atoms with Crippen LogP contribution in [0.25, 0.3) is 0 Å². The van der Waals surface area contributed by atoms with Crippen molar-refractivity contribution < 1.29 is 22.7 Å². The molecule has 0 atom stereocenters. The van der Waals surface area contributed by atoms with Crippen molar-refractivity contribution in [1.82, 2.24) is 5.32 Å². The van der Waals surface area contributed by atoms with E-state index in [1.165, 1.54) is 19.2 Å². The molecule has 0 aliphatic heterocycles. The third-order valence-corrected chi connectivity index (χ3v) is 6.81. The molecule has 0 saturated carbocycles. The van der Waals surface area contributed by atoms with E-state index in [-0.39, 0.29) is 24.1 Å². The molecule has 0 aliphatic rings. The Morgan fingerprint density at radius 3 is 2.26 bits per heavy atom. The highest BCUT2D eigenvalue weighted by Gasteiger charge is 2.27. The number of nitrogens with zero attached hydrogens (tertiary/aromatic N) is 1. The molecule has 0 fully saturated rings. The van der Waals surface area contributed by atoms with Crippen molar-refractivity contribution >= 4 is 21.6 Å². The summed E-state index contributed by atoms with van der Waals surface area (Å²) in [6, 6.07) is 20.6. The second-order valence-electron chi connectivity index (χ2n) is 8.11. The number of sulfonamides is 1. The quantitative estimate of drug-likeness (QED) is 0.466. The molecule has 0 aliphatic carbocycles. The summed E-state index contributed by atoms with van der Waals surface area (Å²) >= 11 is 0. The van der Waals surface area contributed by atoms with Gasteiger partial charge in [0.1, 0.15) is 18.0 Å². The first-order valence-electron chi connectivity index (χ1n) is 10.9. The Balaban J connectivity index is 1.79. The van der Waals surface area contributed by atoms with E-state index in [2.05, 4.69) is 5.32 Å². The van der Waals surface area contributed by atoms with E-state index in [1.807, 2.05) is 45.0 Å². The van der Waals surface area contributed by atoms with E-state index < -0.39 is 15.9 Å². The SMILES string of the molecule is COc1cccc(N(CC(=O)NCc2ccc(OC(C)C)cc2)S(=O)(=O)c2ccc(C)cc2)c1. The Hall–Kier alpha value is -3.52. The summed E-state index contributed by atoms with van der Waals surface area (Å²) < 4.78 is 38.9. The van der Waals surface area contributed by atoms with Crippen molar-refractivity contribution in [2.45, 2.75) is 38.3 Å². The lowest BCUT2D eigenvalue weighted by atomic mass is 10.2. The minimum atomic E-state index is -3.99. The molecule has 0 radical (unpaired) electrons. The van der Waals surface area contributed by atoms with Gasteiger partial charge >= 0.3 is 0 Å². The van der Waals surface area contributed by atoms with Gasteiger partial charge in [-0.15, -0.1) is 0 Å². The van der Waals surface area contributed by atoms with E-state index in [9.17, 15) is 13.2 Å². The first-order chi connectivity index (χ1) is 16.2. The maximum Gasteiger partial charge on any atom is 0.264 e. The van der Waals surface area contributed by atoms with Crippen LogP contribution in [0.4, 0.5) is 5.69 Å². The van der Waals surface area contributed by atoms with Crippen LogP contribution in [0, 0.1) is 6.92 Å². The highest BCUT2D eigenvalue weighted by atomic mass is 32.2.